The van der Waals surface area contributed by atoms with E-state index in [0.29, 0.717) is 0 Å². The van der Waals surface area contributed by atoms with Crippen LogP contribution in [0.5, 0.6) is 0 Å². The summed E-state index contributed by atoms with van der Waals surface area (Å²) in [5.74, 6) is 0.825. The fourth-order valence-corrected chi connectivity index (χ4v) is 7.36. The molecule has 0 radical (unpaired) electrons. The summed E-state index contributed by atoms with van der Waals surface area (Å²) in [5.41, 5.74) is 8.38. The fraction of sp³-hybridized carbons (Fsp3) is 0. The second-order valence-corrected chi connectivity index (χ2v) is 12.8. The molecular formula is C47H30N2O. The zero-order chi connectivity index (χ0) is 33.0. The summed E-state index contributed by atoms with van der Waals surface area (Å²) >= 11 is 0. The van der Waals surface area contributed by atoms with Crippen LogP contribution < -0.4 is 4.90 Å². The van der Waals surface area contributed by atoms with E-state index in [1.165, 1.54) is 32.7 Å². The Labute approximate surface area is 289 Å². The SMILES string of the molecule is c1cc(-c2ccc3ccccc3c2)cc(N(c2ccc(-c3ccc4ccccc4c3)cc2)c2nccc3oc4c5ccccc5ccc4c23)c1. The number of nitrogens with zero attached hydrogens (tertiary/aromatic N) is 2. The molecule has 0 saturated carbocycles. The molecule has 50 heavy (non-hydrogen) atoms. The van der Waals surface area contributed by atoms with E-state index >= 15 is 0 Å². The van der Waals surface area contributed by atoms with Crippen LogP contribution in [-0.4, -0.2) is 4.98 Å². The molecule has 0 fully saturated rings. The van der Waals surface area contributed by atoms with Gasteiger partial charge < -0.3 is 4.42 Å². The van der Waals surface area contributed by atoms with Crippen LogP contribution in [0.3, 0.4) is 0 Å². The van der Waals surface area contributed by atoms with Gasteiger partial charge in [0, 0.05) is 28.3 Å². The predicted octanol–water partition coefficient (Wildman–Crippen LogP) is 13.2. The van der Waals surface area contributed by atoms with Gasteiger partial charge in [-0.3, -0.25) is 4.90 Å². The highest BCUT2D eigenvalue weighted by atomic mass is 16.3. The molecule has 0 aliphatic carbocycles. The Morgan fingerprint density at radius 3 is 1.74 bits per heavy atom. The van der Waals surface area contributed by atoms with E-state index in [4.69, 9.17) is 9.40 Å². The van der Waals surface area contributed by atoms with Gasteiger partial charge in [0.1, 0.15) is 17.0 Å². The number of anilines is 3. The minimum Gasteiger partial charge on any atom is -0.455 e. The van der Waals surface area contributed by atoms with E-state index in [0.717, 1.165) is 61.0 Å². The first-order valence-corrected chi connectivity index (χ1v) is 16.9. The van der Waals surface area contributed by atoms with Crippen LogP contribution in [-0.2, 0) is 0 Å². The smallest absolute Gasteiger partial charge is 0.149 e. The van der Waals surface area contributed by atoms with E-state index in [1.54, 1.807) is 0 Å². The zero-order valence-corrected chi connectivity index (χ0v) is 27.1. The first kappa shape index (κ1) is 28.3. The van der Waals surface area contributed by atoms with Crippen molar-refractivity contribution >= 4 is 71.4 Å². The molecule has 2 heterocycles. The molecule has 0 spiro atoms. The Kier molecular flexibility index (Phi) is 6.49. The van der Waals surface area contributed by atoms with E-state index < -0.39 is 0 Å². The molecule has 0 saturated heterocycles. The molecule has 0 bridgehead atoms. The molecular weight excluding hydrogens is 609 g/mol. The Bertz CT molecular complexity index is 2890. The summed E-state index contributed by atoms with van der Waals surface area (Å²) in [5, 5.41) is 9.21. The standard InChI is InChI=1S/C47H30N2O/c1-3-11-35-28-38(18-16-31(35)8-1)33-20-23-40(24-21-33)49(41-14-7-13-37(30-41)39-19-17-32-9-2-4-12-36(32)29-39)47-45-43-25-22-34-10-5-6-15-42(34)46(43)50-44(45)26-27-48-47/h1-30H. The van der Waals surface area contributed by atoms with Gasteiger partial charge in [0.15, 0.2) is 0 Å². The number of furan rings is 1. The zero-order valence-electron chi connectivity index (χ0n) is 27.1. The van der Waals surface area contributed by atoms with Crippen LogP contribution in [0.1, 0.15) is 0 Å². The van der Waals surface area contributed by atoms with Crippen molar-refractivity contribution in [1.29, 1.82) is 0 Å². The van der Waals surface area contributed by atoms with Gasteiger partial charge in [0.05, 0.1) is 5.39 Å². The molecule has 3 nitrogen and oxygen atoms in total. The molecule has 0 amide bonds. The summed E-state index contributed by atoms with van der Waals surface area (Å²) in [7, 11) is 0. The van der Waals surface area contributed by atoms with Crippen LogP contribution in [0.15, 0.2) is 187 Å². The molecule has 0 aliphatic heterocycles. The second-order valence-electron chi connectivity index (χ2n) is 12.8. The van der Waals surface area contributed by atoms with Gasteiger partial charge in [-0.15, -0.1) is 0 Å². The van der Waals surface area contributed by atoms with E-state index in [-0.39, 0.29) is 0 Å². The lowest BCUT2D eigenvalue weighted by atomic mass is 10.00. The Morgan fingerprint density at radius 1 is 0.400 bits per heavy atom. The molecule has 234 valence electrons. The third kappa shape index (κ3) is 4.71. The lowest BCUT2D eigenvalue weighted by molar-refractivity contribution is 0.672. The summed E-state index contributed by atoms with van der Waals surface area (Å²) in [6.45, 7) is 0. The molecule has 0 unspecified atom stereocenters. The van der Waals surface area contributed by atoms with Crippen LogP contribution in [0.25, 0.3) is 76.5 Å². The fourth-order valence-electron chi connectivity index (χ4n) is 7.36. The minimum absolute atomic E-state index is 0.810. The number of aromatic nitrogens is 1. The van der Waals surface area contributed by atoms with Crippen molar-refractivity contribution < 1.29 is 4.42 Å². The van der Waals surface area contributed by atoms with E-state index in [9.17, 15) is 0 Å². The normalized spacial score (nSPS) is 11.6. The molecule has 0 aliphatic rings. The highest BCUT2D eigenvalue weighted by Gasteiger charge is 2.22. The first-order chi connectivity index (χ1) is 24.8. The van der Waals surface area contributed by atoms with Gasteiger partial charge in [-0.05, 0) is 97.7 Å². The average molecular weight is 639 g/mol. The number of pyridine rings is 1. The van der Waals surface area contributed by atoms with Gasteiger partial charge in [-0.2, -0.15) is 0 Å². The second kappa shape index (κ2) is 11.5. The van der Waals surface area contributed by atoms with Crippen molar-refractivity contribution in [3.8, 4) is 22.3 Å². The monoisotopic (exact) mass is 638 g/mol. The molecule has 10 aromatic rings. The van der Waals surface area contributed by atoms with Gasteiger partial charge in [-0.1, -0.05) is 127 Å². The third-order valence-electron chi connectivity index (χ3n) is 9.86. The highest BCUT2D eigenvalue weighted by molar-refractivity contribution is 6.19. The topological polar surface area (TPSA) is 29.3 Å². The van der Waals surface area contributed by atoms with Gasteiger partial charge in [-0.25, -0.2) is 4.98 Å². The number of rotatable bonds is 5. The summed E-state index contributed by atoms with van der Waals surface area (Å²) in [6, 6.07) is 62.6. The average Bonchev–Trinajstić information content (AvgIpc) is 3.58. The number of hydrogen-bond acceptors (Lipinski definition) is 3. The van der Waals surface area contributed by atoms with E-state index in [1.807, 2.05) is 12.3 Å². The summed E-state index contributed by atoms with van der Waals surface area (Å²) in [4.78, 5) is 7.35. The predicted molar refractivity (Wildman–Crippen MR) is 210 cm³/mol. The lowest BCUT2D eigenvalue weighted by Crippen LogP contribution is -2.12. The Morgan fingerprint density at radius 2 is 1.00 bits per heavy atom. The van der Waals surface area contributed by atoms with Crippen molar-refractivity contribution in [1.82, 2.24) is 4.98 Å². The largest absolute Gasteiger partial charge is 0.455 e. The van der Waals surface area contributed by atoms with Crippen molar-refractivity contribution in [3.63, 3.8) is 0 Å². The van der Waals surface area contributed by atoms with Crippen molar-refractivity contribution in [3.05, 3.63) is 182 Å². The van der Waals surface area contributed by atoms with Gasteiger partial charge >= 0.3 is 0 Å². The maximum Gasteiger partial charge on any atom is 0.149 e. The number of fused-ring (bicyclic) bond motifs is 7. The van der Waals surface area contributed by atoms with Crippen LogP contribution in [0.2, 0.25) is 0 Å². The quantitative estimate of drug-likeness (QED) is 0.188. The first-order valence-electron chi connectivity index (χ1n) is 16.9. The summed E-state index contributed by atoms with van der Waals surface area (Å²) < 4.78 is 6.61. The number of hydrogen-bond donors (Lipinski definition) is 0. The Hall–Kier alpha value is -6.71. The summed E-state index contributed by atoms with van der Waals surface area (Å²) in [6.07, 6.45) is 1.85. The molecule has 0 N–H and O–H groups in total. The minimum atomic E-state index is 0.810. The van der Waals surface area contributed by atoms with Crippen molar-refractivity contribution in [2.24, 2.45) is 0 Å². The third-order valence-corrected chi connectivity index (χ3v) is 9.86. The Balaban J connectivity index is 1.16. The van der Waals surface area contributed by atoms with Crippen LogP contribution >= 0.6 is 0 Å². The van der Waals surface area contributed by atoms with Crippen molar-refractivity contribution in [2.75, 3.05) is 4.90 Å². The van der Waals surface area contributed by atoms with Gasteiger partial charge in [0.25, 0.3) is 0 Å². The molecule has 10 rings (SSSR count). The number of benzene rings is 8. The van der Waals surface area contributed by atoms with Crippen LogP contribution in [0.4, 0.5) is 17.2 Å². The van der Waals surface area contributed by atoms with Crippen LogP contribution in [0, 0.1) is 0 Å². The molecule has 2 aromatic heterocycles. The maximum atomic E-state index is 6.61. The van der Waals surface area contributed by atoms with E-state index in [2.05, 4.69) is 175 Å². The van der Waals surface area contributed by atoms with Crippen molar-refractivity contribution in [2.45, 2.75) is 0 Å². The maximum absolute atomic E-state index is 6.61. The van der Waals surface area contributed by atoms with Gasteiger partial charge in [0.2, 0.25) is 0 Å². The lowest BCUT2D eigenvalue weighted by Gasteiger charge is -2.26. The molecule has 8 aromatic carbocycles. The molecule has 3 heteroatoms. The molecule has 0 atom stereocenters. The highest BCUT2D eigenvalue weighted by Crippen LogP contribution is 2.44.